The van der Waals surface area contributed by atoms with Gasteiger partial charge < -0.3 is 9.69 Å². The monoisotopic (exact) mass is 195 g/mol. The molecule has 2 rings (SSSR count). The second-order valence-corrected chi connectivity index (χ2v) is 4.64. The van der Waals surface area contributed by atoms with Crippen molar-refractivity contribution in [1.82, 2.24) is 4.90 Å². The number of aldehydes is 1. The van der Waals surface area contributed by atoms with E-state index >= 15 is 0 Å². The number of nitrogens with zero attached hydrogens (tertiary/aromatic N) is 1. The summed E-state index contributed by atoms with van der Waals surface area (Å²) in [5.74, 6) is 1.72. The third-order valence-corrected chi connectivity index (χ3v) is 3.74. The van der Waals surface area contributed by atoms with Crippen molar-refractivity contribution in [3.63, 3.8) is 0 Å². The first-order valence-electron chi connectivity index (χ1n) is 5.41. The quantitative estimate of drug-likeness (QED) is 0.587. The van der Waals surface area contributed by atoms with E-state index in [-0.39, 0.29) is 11.8 Å². The van der Waals surface area contributed by atoms with Crippen LogP contribution in [-0.2, 0) is 9.59 Å². The van der Waals surface area contributed by atoms with Crippen LogP contribution in [0, 0.1) is 17.8 Å². The van der Waals surface area contributed by atoms with Crippen LogP contribution in [0.15, 0.2) is 0 Å². The Bertz CT molecular complexity index is 252. The predicted molar refractivity (Wildman–Crippen MR) is 52.6 cm³/mol. The molecule has 1 saturated heterocycles. The molecule has 1 aliphatic heterocycles. The summed E-state index contributed by atoms with van der Waals surface area (Å²) in [6.45, 7) is 3.40. The SMILES string of the molecule is CC(=O)N1CCC2CC(C=O)CC2C1. The zero-order valence-corrected chi connectivity index (χ0v) is 8.61. The van der Waals surface area contributed by atoms with Crippen LogP contribution in [0.5, 0.6) is 0 Å². The van der Waals surface area contributed by atoms with Crippen molar-refractivity contribution in [2.45, 2.75) is 26.2 Å². The third kappa shape index (κ3) is 1.68. The third-order valence-electron chi connectivity index (χ3n) is 3.74. The summed E-state index contributed by atoms with van der Waals surface area (Å²) in [5, 5.41) is 0. The molecule has 2 fully saturated rings. The van der Waals surface area contributed by atoms with E-state index in [0.717, 1.165) is 38.6 Å². The summed E-state index contributed by atoms with van der Waals surface area (Å²) >= 11 is 0. The Morgan fingerprint density at radius 2 is 2.07 bits per heavy atom. The lowest BCUT2D eigenvalue weighted by Gasteiger charge is -2.34. The van der Waals surface area contributed by atoms with Crippen LogP contribution in [0.25, 0.3) is 0 Å². The molecule has 3 unspecified atom stereocenters. The van der Waals surface area contributed by atoms with Gasteiger partial charge in [-0.2, -0.15) is 0 Å². The summed E-state index contributed by atoms with van der Waals surface area (Å²) in [5.41, 5.74) is 0. The van der Waals surface area contributed by atoms with Crippen LogP contribution in [0.3, 0.4) is 0 Å². The van der Waals surface area contributed by atoms with Crippen molar-refractivity contribution >= 4 is 12.2 Å². The van der Waals surface area contributed by atoms with Gasteiger partial charge in [0.15, 0.2) is 0 Å². The molecule has 3 atom stereocenters. The molecule has 0 bridgehead atoms. The van der Waals surface area contributed by atoms with E-state index in [1.54, 1.807) is 6.92 Å². The van der Waals surface area contributed by atoms with Crippen molar-refractivity contribution in [2.75, 3.05) is 13.1 Å². The van der Waals surface area contributed by atoms with E-state index in [2.05, 4.69) is 0 Å². The molecule has 1 aliphatic carbocycles. The number of hydrogen-bond acceptors (Lipinski definition) is 2. The minimum absolute atomic E-state index is 0.179. The van der Waals surface area contributed by atoms with Crippen LogP contribution in [0.2, 0.25) is 0 Å². The molecule has 2 aliphatic rings. The van der Waals surface area contributed by atoms with Gasteiger partial charge in [0.2, 0.25) is 5.91 Å². The maximum absolute atomic E-state index is 11.2. The van der Waals surface area contributed by atoms with Gasteiger partial charge in [0, 0.05) is 25.9 Å². The van der Waals surface area contributed by atoms with E-state index in [1.807, 2.05) is 4.90 Å². The minimum Gasteiger partial charge on any atom is -0.343 e. The van der Waals surface area contributed by atoms with Crippen molar-refractivity contribution in [1.29, 1.82) is 0 Å². The van der Waals surface area contributed by atoms with Crippen LogP contribution in [0.1, 0.15) is 26.2 Å². The lowest BCUT2D eigenvalue weighted by Crippen LogP contribution is -2.40. The van der Waals surface area contributed by atoms with Crippen molar-refractivity contribution in [3.8, 4) is 0 Å². The smallest absolute Gasteiger partial charge is 0.219 e. The number of carbonyl (C=O) groups is 2. The lowest BCUT2D eigenvalue weighted by atomic mass is 9.89. The van der Waals surface area contributed by atoms with Gasteiger partial charge in [-0.15, -0.1) is 0 Å². The highest BCUT2D eigenvalue weighted by Crippen LogP contribution is 2.40. The van der Waals surface area contributed by atoms with Crippen LogP contribution in [-0.4, -0.2) is 30.2 Å². The number of likely N-dealkylation sites (tertiary alicyclic amines) is 1. The second-order valence-electron chi connectivity index (χ2n) is 4.64. The highest BCUT2D eigenvalue weighted by Gasteiger charge is 2.38. The Labute approximate surface area is 84.5 Å². The molecular weight excluding hydrogens is 178 g/mol. The molecule has 0 N–H and O–H groups in total. The number of fused-ring (bicyclic) bond motifs is 1. The molecular formula is C11H17NO2. The summed E-state index contributed by atoms with van der Waals surface area (Å²) < 4.78 is 0. The molecule has 3 nitrogen and oxygen atoms in total. The van der Waals surface area contributed by atoms with Crippen LogP contribution >= 0.6 is 0 Å². The van der Waals surface area contributed by atoms with Gasteiger partial charge in [0.05, 0.1) is 0 Å². The van der Waals surface area contributed by atoms with Crippen molar-refractivity contribution in [2.24, 2.45) is 17.8 Å². The summed E-state index contributed by atoms with van der Waals surface area (Å²) in [7, 11) is 0. The molecule has 3 heteroatoms. The Morgan fingerprint density at radius 3 is 2.71 bits per heavy atom. The standard InChI is InChI=1S/C11H17NO2/c1-8(14)12-3-2-10-4-9(7-13)5-11(10)6-12/h7,9-11H,2-6H2,1H3. The first kappa shape index (κ1) is 9.69. The molecule has 0 spiro atoms. The van der Waals surface area contributed by atoms with Gasteiger partial charge in [-0.05, 0) is 31.1 Å². The van der Waals surface area contributed by atoms with Gasteiger partial charge in [-0.3, -0.25) is 4.79 Å². The molecule has 78 valence electrons. The Hall–Kier alpha value is -0.860. The number of hydrogen-bond donors (Lipinski definition) is 0. The van der Waals surface area contributed by atoms with Gasteiger partial charge in [0.25, 0.3) is 0 Å². The highest BCUT2D eigenvalue weighted by atomic mass is 16.2. The number of amides is 1. The molecule has 0 aromatic carbocycles. The largest absolute Gasteiger partial charge is 0.343 e. The Kier molecular flexibility index (Phi) is 2.57. The first-order chi connectivity index (χ1) is 6.70. The van der Waals surface area contributed by atoms with E-state index < -0.39 is 0 Å². The molecule has 14 heavy (non-hydrogen) atoms. The van der Waals surface area contributed by atoms with Crippen LogP contribution < -0.4 is 0 Å². The van der Waals surface area contributed by atoms with E-state index in [4.69, 9.17) is 0 Å². The molecule has 0 aromatic heterocycles. The summed E-state index contributed by atoms with van der Waals surface area (Å²) in [6, 6.07) is 0. The maximum Gasteiger partial charge on any atom is 0.219 e. The zero-order chi connectivity index (χ0) is 10.1. The first-order valence-corrected chi connectivity index (χ1v) is 5.41. The average molecular weight is 195 g/mol. The fourth-order valence-electron chi connectivity index (χ4n) is 2.93. The van der Waals surface area contributed by atoms with Crippen LogP contribution in [0.4, 0.5) is 0 Å². The van der Waals surface area contributed by atoms with Gasteiger partial charge in [-0.1, -0.05) is 0 Å². The highest BCUT2D eigenvalue weighted by molar-refractivity contribution is 5.73. The average Bonchev–Trinajstić information content (AvgIpc) is 2.58. The fourth-order valence-corrected chi connectivity index (χ4v) is 2.93. The topological polar surface area (TPSA) is 37.4 Å². The van der Waals surface area contributed by atoms with Crippen molar-refractivity contribution in [3.05, 3.63) is 0 Å². The predicted octanol–water partition coefficient (Wildman–Crippen LogP) is 1.08. The maximum atomic E-state index is 11.2. The molecule has 1 heterocycles. The Balaban J connectivity index is 1.97. The number of piperidine rings is 1. The number of rotatable bonds is 1. The van der Waals surface area contributed by atoms with Gasteiger partial charge >= 0.3 is 0 Å². The summed E-state index contributed by atoms with van der Waals surface area (Å²) in [4.78, 5) is 23.8. The Morgan fingerprint density at radius 1 is 1.36 bits per heavy atom. The fraction of sp³-hybridized carbons (Fsp3) is 0.818. The van der Waals surface area contributed by atoms with Gasteiger partial charge in [0.1, 0.15) is 6.29 Å². The summed E-state index contributed by atoms with van der Waals surface area (Å²) in [6.07, 6.45) is 4.24. The molecule has 1 saturated carbocycles. The normalized spacial score (nSPS) is 36.6. The van der Waals surface area contributed by atoms with E-state index in [9.17, 15) is 9.59 Å². The molecule has 1 amide bonds. The number of carbonyl (C=O) groups excluding carboxylic acids is 2. The minimum atomic E-state index is 0.179. The van der Waals surface area contributed by atoms with Gasteiger partial charge in [-0.25, -0.2) is 0 Å². The second kappa shape index (κ2) is 3.71. The lowest BCUT2D eigenvalue weighted by molar-refractivity contribution is -0.131. The zero-order valence-electron chi connectivity index (χ0n) is 8.61. The molecule has 0 aromatic rings. The van der Waals surface area contributed by atoms with E-state index in [0.29, 0.717) is 11.8 Å². The van der Waals surface area contributed by atoms with Crippen molar-refractivity contribution < 1.29 is 9.59 Å². The van der Waals surface area contributed by atoms with E-state index in [1.165, 1.54) is 0 Å². The molecule has 0 radical (unpaired) electrons.